The number of rotatable bonds is 9. The largest absolute Gasteiger partial charge is 0.382 e. The third-order valence-electron chi connectivity index (χ3n) is 6.96. The molecule has 3 aromatic rings. The molecule has 2 fully saturated rings. The molecular formula is C27H32N4O6S3. The Morgan fingerprint density at radius 3 is 2.27 bits per heavy atom. The third-order valence-corrected chi connectivity index (χ3v) is 12.3. The maximum atomic E-state index is 13.3. The van der Waals surface area contributed by atoms with Crippen LogP contribution >= 0.6 is 11.3 Å². The molecule has 0 spiro atoms. The highest BCUT2D eigenvalue weighted by Gasteiger charge is 2.31. The van der Waals surface area contributed by atoms with E-state index in [2.05, 4.69) is 10.6 Å². The van der Waals surface area contributed by atoms with Gasteiger partial charge in [0.05, 0.1) is 24.7 Å². The van der Waals surface area contributed by atoms with Crippen LogP contribution < -0.4 is 10.6 Å². The summed E-state index contributed by atoms with van der Waals surface area (Å²) in [6.07, 6.45) is 1.18. The summed E-state index contributed by atoms with van der Waals surface area (Å²) in [5.74, 6) is -0.211. The molecule has 2 aliphatic rings. The van der Waals surface area contributed by atoms with Crippen LogP contribution in [0.4, 0.5) is 5.69 Å². The Morgan fingerprint density at radius 2 is 1.55 bits per heavy atom. The first-order chi connectivity index (χ1) is 19.2. The van der Waals surface area contributed by atoms with Gasteiger partial charge in [-0.3, -0.25) is 4.79 Å². The van der Waals surface area contributed by atoms with Crippen molar-refractivity contribution in [2.75, 3.05) is 44.7 Å². The fourth-order valence-electron chi connectivity index (χ4n) is 4.74. The first-order valence-corrected chi connectivity index (χ1v) is 16.8. The van der Waals surface area contributed by atoms with E-state index in [-0.39, 0.29) is 27.6 Å². The Morgan fingerprint density at radius 1 is 0.850 bits per heavy atom. The van der Waals surface area contributed by atoms with Crippen LogP contribution in [-0.2, 0) is 31.3 Å². The van der Waals surface area contributed by atoms with Crippen LogP contribution in [-0.4, -0.2) is 76.8 Å². The van der Waals surface area contributed by atoms with Crippen molar-refractivity contribution in [2.24, 2.45) is 0 Å². The van der Waals surface area contributed by atoms with Crippen LogP contribution in [0.5, 0.6) is 0 Å². The van der Waals surface area contributed by atoms with E-state index in [1.807, 2.05) is 12.1 Å². The fraction of sp³-hybridized carbons (Fsp3) is 0.370. The number of thiophene rings is 1. The van der Waals surface area contributed by atoms with Crippen molar-refractivity contribution in [3.63, 3.8) is 0 Å². The number of nitrogens with one attached hydrogen (secondary N) is 2. The topological polar surface area (TPSA) is 125 Å². The Balaban J connectivity index is 1.15. The van der Waals surface area contributed by atoms with Gasteiger partial charge in [-0.2, -0.15) is 8.61 Å². The molecule has 2 aliphatic heterocycles. The van der Waals surface area contributed by atoms with Gasteiger partial charge < -0.3 is 15.4 Å². The van der Waals surface area contributed by atoms with Crippen molar-refractivity contribution in [3.05, 3.63) is 77.2 Å². The maximum absolute atomic E-state index is 13.3. The highest BCUT2D eigenvalue weighted by atomic mass is 32.2. The fourth-order valence-corrected chi connectivity index (χ4v) is 9.11. The van der Waals surface area contributed by atoms with Crippen LogP contribution in [0.25, 0.3) is 0 Å². The third kappa shape index (κ3) is 6.56. The summed E-state index contributed by atoms with van der Waals surface area (Å²) in [4.78, 5) is 13.3. The van der Waals surface area contributed by atoms with Crippen molar-refractivity contribution in [1.82, 2.24) is 13.9 Å². The lowest BCUT2D eigenvalue weighted by Gasteiger charge is -2.32. The van der Waals surface area contributed by atoms with Crippen molar-refractivity contribution < 1.29 is 26.4 Å². The summed E-state index contributed by atoms with van der Waals surface area (Å²) in [5, 5.41) is 6.22. The standard InChI is InChI=1S/C27H32N4O6S3/c32-27(21-5-2-1-3-6-21)28-20-24-9-10-26(38-24)40(35,36)30-13-11-22(12-14-30)29-23-7-4-8-25(19-23)39(33,34)31-15-17-37-18-16-31/h1-10,19,22,29H,11-18,20H2,(H,28,32). The van der Waals surface area contributed by atoms with E-state index >= 15 is 0 Å². The molecule has 1 aromatic heterocycles. The molecule has 0 aliphatic carbocycles. The van der Waals surface area contributed by atoms with Gasteiger partial charge in [-0.1, -0.05) is 24.3 Å². The lowest BCUT2D eigenvalue weighted by Crippen LogP contribution is -2.42. The summed E-state index contributed by atoms with van der Waals surface area (Å²) in [6.45, 7) is 2.39. The predicted molar refractivity (Wildman–Crippen MR) is 153 cm³/mol. The molecule has 40 heavy (non-hydrogen) atoms. The number of hydrogen-bond donors (Lipinski definition) is 2. The number of amides is 1. The first-order valence-electron chi connectivity index (χ1n) is 13.1. The van der Waals surface area contributed by atoms with Crippen LogP contribution in [0.15, 0.2) is 75.8 Å². The highest BCUT2D eigenvalue weighted by Crippen LogP contribution is 2.28. The summed E-state index contributed by atoms with van der Waals surface area (Å²) in [6, 6.07) is 19.0. The van der Waals surface area contributed by atoms with Gasteiger partial charge in [0.2, 0.25) is 10.0 Å². The van der Waals surface area contributed by atoms with E-state index in [4.69, 9.17) is 4.74 Å². The van der Waals surface area contributed by atoms with Gasteiger partial charge in [-0.05, 0) is 55.3 Å². The Hall–Kier alpha value is -2.81. The summed E-state index contributed by atoms with van der Waals surface area (Å²) >= 11 is 1.16. The van der Waals surface area contributed by atoms with Crippen LogP contribution in [0.2, 0.25) is 0 Å². The average molecular weight is 605 g/mol. The maximum Gasteiger partial charge on any atom is 0.252 e. The van der Waals surface area contributed by atoms with Crippen LogP contribution in [0.1, 0.15) is 28.1 Å². The zero-order valence-corrected chi connectivity index (χ0v) is 24.3. The van der Waals surface area contributed by atoms with Gasteiger partial charge in [0.15, 0.2) is 0 Å². The summed E-state index contributed by atoms with van der Waals surface area (Å²) < 4.78 is 61.0. The Labute approximate surface area is 239 Å². The summed E-state index contributed by atoms with van der Waals surface area (Å²) in [5.41, 5.74) is 1.24. The minimum Gasteiger partial charge on any atom is -0.382 e. The molecule has 0 radical (unpaired) electrons. The smallest absolute Gasteiger partial charge is 0.252 e. The normalized spacial score (nSPS) is 17.9. The predicted octanol–water partition coefficient (Wildman–Crippen LogP) is 2.96. The molecular weight excluding hydrogens is 573 g/mol. The number of carbonyl (C=O) groups excluding carboxylic acids is 1. The molecule has 5 rings (SSSR count). The first kappa shape index (κ1) is 28.7. The molecule has 1 amide bonds. The Bertz CT molecular complexity index is 1530. The number of carbonyl (C=O) groups is 1. The van der Waals surface area contributed by atoms with Gasteiger partial charge >= 0.3 is 0 Å². The number of piperidine rings is 1. The second-order valence-electron chi connectivity index (χ2n) is 9.64. The van der Waals surface area contributed by atoms with Crippen molar-refractivity contribution in [3.8, 4) is 0 Å². The van der Waals surface area contributed by atoms with Crippen molar-refractivity contribution >= 4 is 43.0 Å². The number of anilines is 1. The molecule has 2 N–H and O–H groups in total. The van der Waals surface area contributed by atoms with E-state index in [0.29, 0.717) is 63.5 Å². The van der Waals surface area contributed by atoms with Crippen molar-refractivity contribution in [2.45, 2.75) is 34.5 Å². The molecule has 3 heterocycles. The second kappa shape index (κ2) is 12.4. The molecule has 2 saturated heterocycles. The number of hydrogen-bond acceptors (Lipinski definition) is 8. The zero-order valence-electron chi connectivity index (χ0n) is 21.9. The average Bonchev–Trinajstić information content (AvgIpc) is 3.47. The minimum absolute atomic E-state index is 0.0138. The number of ether oxygens (including phenoxy) is 1. The molecule has 0 bridgehead atoms. The van der Waals surface area contributed by atoms with Gasteiger partial charge in [0, 0.05) is 48.3 Å². The van der Waals surface area contributed by atoms with E-state index < -0.39 is 20.0 Å². The quantitative estimate of drug-likeness (QED) is 0.385. The highest BCUT2D eigenvalue weighted by molar-refractivity contribution is 7.91. The van der Waals surface area contributed by atoms with E-state index in [1.165, 1.54) is 8.61 Å². The number of sulfonamides is 2. The number of morpholine rings is 1. The molecule has 214 valence electrons. The van der Waals surface area contributed by atoms with Gasteiger partial charge in [0.1, 0.15) is 4.21 Å². The monoisotopic (exact) mass is 604 g/mol. The van der Waals surface area contributed by atoms with Crippen molar-refractivity contribution in [1.29, 1.82) is 0 Å². The lowest BCUT2D eigenvalue weighted by atomic mass is 10.1. The zero-order chi connectivity index (χ0) is 28.2. The van der Waals surface area contributed by atoms with E-state index in [9.17, 15) is 21.6 Å². The molecule has 10 nitrogen and oxygen atoms in total. The molecule has 0 unspecified atom stereocenters. The molecule has 0 saturated carbocycles. The Kier molecular flexibility index (Phi) is 8.88. The molecule has 13 heteroatoms. The number of nitrogens with zero attached hydrogens (tertiary/aromatic N) is 2. The van der Waals surface area contributed by atoms with Crippen LogP contribution in [0.3, 0.4) is 0 Å². The lowest BCUT2D eigenvalue weighted by molar-refractivity contribution is 0.0730. The van der Waals surface area contributed by atoms with Gasteiger partial charge in [0.25, 0.3) is 15.9 Å². The number of benzene rings is 2. The van der Waals surface area contributed by atoms with Crippen LogP contribution in [0, 0.1) is 0 Å². The van der Waals surface area contributed by atoms with E-state index in [0.717, 1.165) is 16.2 Å². The van der Waals surface area contributed by atoms with Gasteiger partial charge in [-0.15, -0.1) is 11.3 Å². The van der Waals surface area contributed by atoms with E-state index in [1.54, 1.807) is 54.6 Å². The minimum atomic E-state index is -3.65. The summed E-state index contributed by atoms with van der Waals surface area (Å²) in [7, 11) is -7.25. The second-order valence-corrected chi connectivity index (χ2v) is 14.9. The molecule has 0 atom stereocenters. The molecule has 2 aromatic carbocycles. The van der Waals surface area contributed by atoms with Gasteiger partial charge in [-0.25, -0.2) is 16.8 Å². The SMILES string of the molecule is O=C(NCc1ccc(S(=O)(=O)N2CCC(Nc3cccc(S(=O)(=O)N4CCOCC4)c3)CC2)s1)c1ccccc1.